The fourth-order valence-electron chi connectivity index (χ4n) is 3.95. The first-order chi connectivity index (χ1) is 10.6. The van der Waals surface area contributed by atoms with E-state index < -0.39 is 0 Å². The molecule has 2 heterocycles. The van der Waals surface area contributed by atoms with Crippen molar-refractivity contribution >= 4 is 21.0 Å². The Bertz CT molecular complexity index is 527. The van der Waals surface area contributed by atoms with E-state index in [2.05, 4.69) is 24.4 Å². The molecule has 0 radical (unpaired) electrons. The van der Waals surface area contributed by atoms with Crippen LogP contribution in [0.4, 0.5) is 11.6 Å². The van der Waals surface area contributed by atoms with Crippen LogP contribution in [0.2, 0.25) is 0 Å². The molecule has 2 aliphatic rings. The number of rotatable bonds is 3. The molecule has 1 aromatic rings. The number of nitrogens with two attached hydrogens (primary N) is 2. The largest absolute Gasteiger partial charge is 0.355 e. The third-order valence-corrected chi connectivity index (χ3v) is 5.69. The smallest absolute Gasteiger partial charge is 0.154 e. The van der Waals surface area contributed by atoms with Gasteiger partial charge in [-0.15, -0.1) is 0 Å². The number of anilines is 2. The average molecular weight is 322 g/mol. The van der Waals surface area contributed by atoms with Crippen LogP contribution in [0.15, 0.2) is 6.20 Å². The zero-order valence-corrected chi connectivity index (χ0v) is 14.4. The van der Waals surface area contributed by atoms with E-state index >= 15 is 0 Å². The topological polar surface area (TPSA) is 93.1 Å². The van der Waals surface area contributed by atoms with Crippen molar-refractivity contribution in [3.05, 3.63) is 11.9 Å². The van der Waals surface area contributed by atoms with Gasteiger partial charge in [-0.3, -0.25) is 4.98 Å². The summed E-state index contributed by atoms with van der Waals surface area (Å²) in [6.07, 6.45) is 7.92. The average Bonchev–Trinajstić information content (AvgIpc) is 2.88. The summed E-state index contributed by atoms with van der Waals surface area (Å²) in [5, 5.41) is 3.03. The second-order valence-electron chi connectivity index (χ2n) is 6.74. The van der Waals surface area contributed by atoms with Gasteiger partial charge in [0.1, 0.15) is 5.82 Å². The van der Waals surface area contributed by atoms with Crippen molar-refractivity contribution in [2.24, 2.45) is 16.9 Å². The van der Waals surface area contributed by atoms with Gasteiger partial charge in [0, 0.05) is 25.2 Å². The molecule has 3 unspecified atom stereocenters. The molecule has 0 aromatic carbocycles. The molecular formula is C15H27N6P. The number of nitrogens with zero attached hydrogens (tertiary/aromatic N) is 3. The first-order valence-corrected chi connectivity index (χ1v) is 8.73. The SMILES string of the molecule is CC(N)c1ncc(N2CCC3(CCCC3N)CC2)nc1NP. The minimum atomic E-state index is -0.134. The molecule has 2 fully saturated rings. The van der Waals surface area contributed by atoms with Gasteiger partial charge in [0.25, 0.3) is 0 Å². The third kappa shape index (κ3) is 2.80. The molecule has 0 bridgehead atoms. The molecule has 1 aliphatic carbocycles. The van der Waals surface area contributed by atoms with Gasteiger partial charge in [-0.1, -0.05) is 6.42 Å². The van der Waals surface area contributed by atoms with Crippen LogP contribution < -0.4 is 21.5 Å². The molecule has 122 valence electrons. The normalized spacial score (nSPS) is 25.5. The molecule has 5 N–H and O–H groups in total. The second kappa shape index (κ2) is 6.26. The molecule has 1 spiro atoms. The predicted octanol–water partition coefficient (Wildman–Crippen LogP) is 1.80. The Kier molecular flexibility index (Phi) is 4.53. The van der Waals surface area contributed by atoms with Crippen LogP contribution in [-0.4, -0.2) is 29.1 Å². The van der Waals surface area contributed by atoms with E-state index in [1.165, 1.54) is 19.3 Å². The molecule has 0 amide bonds. The van der Waals surface area contributed by atoms with Gasteiger partial charge < -0.3 is 21.5 Å². The second-order valence-corrected chi connectivity index (χ2v) is 7.03. The Morgan fingerprint density at radius 2 is 2.14 bits per heavy atom. The van der Waals surface area contributed by atoms with Crippen LogP contribution in [-0.2, 0) is 0 Å². The summed E-state index contributed by atoms with van der Waals surface area (Å²) in [6, 6.07) is 0.246. The van der Waals surface area contributed by atoms with Crippen LogP contribution in [0.3, 0.4) is 0 Å². The Balaban J connectivity index is 1.73. The Hall–Kier alpha value is -0.970. The lowest BCUT2D eigenvalue weighted by Crippen LogP contribution is -2.47. The van der Waals surface area contributed by atoms with Gasteiger partial charge in [-0.2, -0.15) is 0 Å². The van der Waals surface area contributed by atoms with E-state index in [0.29, 0.717) is 11.5 Å². The molecular weight excluding hydrogens is 295 g/mol. The molecule has 1 saturated heterocycles. The fraction of sp³-hybridized carbons (Fsp3) is 0.733. The summed E-state index contributed by atoms with van der Waals surface area (Å²) in [7, 11) is 2.48. The maximum atomic E-state index is 6.35. The van der Waals surface area contributed by atoms with E-state index in [-0.39, 0.29) is 6.04 Å². The van der Waals surface area contributed by atoms with Crippen LogP contribution >= 0.6 is 9.39 Å². The van der Waals surface area contributed by atoms with Crippen molar-refractivity contribution < 1.29 is 0 Å². The third-order valence-electron chi connectivity index (χ3n) is 5.42. The number of piperidine rings is 1. The highest BCUT2D eigenvalue weighted by atomic mass is 31.0. The van der Waals surface area contributed by atoms with E-state index in [1.54, 1.807) is 0 Å². The van der Waals surface area contributed by atoms with E-state index in [1.807, 2.05) is 13.1 Å². The van der Waals surface area contributed by atoms with E-state index in [4.69, 9.17) is 16.5 Å². The predicted molar refractivity (Wildman–Crippen MR) is 93.7 cm³/mol. The Labute approximate surface area is 134 Å². The molecule has 1 saturated carbocycles. The molecule has 7 heteroatoms. The quantitative estimate of drug-likeness (QED) is 0.735. The van der Waals surface area contributed by atoms with Crippen LogP contribution in [0.1, 0.15) is 50.8 Å². The molecule has 3 atom stereocenters. The zero-order valence-electron chi connectivity index (χ0n) is 13.3. The number of aromatic nitrogens is 2. The molecule has 1 aliphatic heterocycles. The van der Waals surface area contributed by atoms with Gasteiger partial charge in [-0.05, 0) is 47.4 Å². The number of nitrogens with one attached hydrogen (secondary N) is 1. The number of hydrogen-bond donors (Lipinski definition) is 3. The van der Waals surface area contributed by atoms with Crippen molar-refractivity contribution in [1.29, 1.82) is 0 Å². The summed E-state index contributed by atoms with van der Waals surface area (Å²) in [6.45, 7) is 3.94. The van der Waals surface area contributed by atoms with Crippen molar-refractivity contribution in [3.63, 3.8) is 0 Å². The monoisotopic (exact) mass is 322 g/mol. The van der Waals surface area contributed by atoms with Gasteiger partial charge in [0.2, 0.25) is 0 Å². The first kappa shape index (κ1) is 15.9. The molecule has 6 nitrogen and oxygen atoms in total. The van der Waals surface area contributed by atoms with Crippen molar-refractivity contribution in [3.8, 4) is 0 Å². The fourth-order valence-corrected chi connectivity index (χ4v) is 4.16. The highest BCUT2D eigenvalue weighted by Gasteiger charge is 2.43. The summed E-state index contributed by atoms with van der Waals surface area (Å²) in [5.74, 6) is 1.67. The lowest BCUT2D eigenvalue weighted by Gasteiger charge is -2.42. The Morgan fingerprint density at radius 3 is 2.68 bits per heavy atom. The lowest BCUT2D eigenvalue weighted by atomic mass is 9.74. The van der Waals surface area contributed by atoms with Crippen molar-refractivity contribution in [2.75, 3.05) is 23.1 Å². The van der Waals surface area contributed by atoms with Gasteiger partial charge >= 0.3 is 0 Å². The van der Waals surface area contributed by atoms with Crippen molar-refractivity contribution in [1.82, 2.24) is 9.97 Å². The first-order valence-electron chi connectivity index (χ1n) is 8.15. The number of hydrogen-bond acceptors (Lipinski definition) is 6. The summed E-state index contributed by atoms with van der Waals surface area (Å²) in [5.41, 5.74) is 13.5. The maximum absolute atomic E-state index is 6.35. The minimum Gasteiger partial charge on any atom is -0.355 e. The minimum absolute atomic E-state index is 0.134. The van der Waals surface area contributed by atoms with Crippen LogP contribution in [0.25, 0.3) is 0 Å². The van der Waals surface area contributed by atoms with Gasteiger partial charge in [0.15, 0.2) is 5.82 Å². The maximum Gasteiger partial charge on any atom is 0.154 e. The van der Waals surface area contributed by atoms with Gasteiger partial charge in [-0.25, -0.2) is 4.98 Å². The summed E-state index contributed by atoms with van der Waals surface area (Å²) in [4.78, 5) is 11.5. The Morgan fingerprint density at radius 1 is 1.41 bits per heavy atom. The highest BCUT2D eigenvalue weighted by molar-refractivity contribution is 7.18. The van der Waals surface area contributed by atoms with Crippen molar-refractivity contribution in [2.45, 2.75) is 51.1 Å². The lowest BCUT2D eigenvalue weighted by molar-refractivity contribution is 0.197. The summed E-state index contributed by atoms with van der Waals surface area (Å²) >= 11 is 0. The highest BCUT2D eigenvalue weighted by Crippen LogP contribution is 2.45. The van der Waals surface area contributed by atoms with Gasteiger partial charge in [0.05, 0.1) is 11.9 Å². The molecule has 3 rings (SSSR count). The van der Waals surface area contributed by atoms with Crippen LogP contribution in [0, 0.1) is 5.41 Å². The summed E-state index contributed by atoms with van der Waals surface area (Å²) < 4.78 is 0. The van der Waals surface area contributed by atoms with E-state index in [0.717, 1.165) is 43.3 Å². The molecule has 22 heavy (non-hydrogen) atoms. The molecule has 1 aromatic heterocycles. The van der Waals surface area contributed by atoms with Crippen LogP contribution in [0.5, 0.6) is 0 Å². The standard InChI is InChI=1S/C15H27N6P/c1-10(16)13-14(20-22)19-12(9-18-13)21-7-5-15(6-8-21)4-2-3-11(15)17/h9-11H,2-8,16-17,22H2,1H3,(H,19,20). The van der Waals surface area contributed by atoms with E-state index in [9.17, 15) is 0 Å². The zero-order chi connectivity index (χ0) is 15.7.